The van der Waals surface area contributed by atoms with Crippen molar-refractivity contribution >= 4 is 27.0 Å². The van der Waals surface area contributed by atoms with Crippen LogP contribution in [0.3, 0.4) is 0 Å². The van der Waals surface area contributed by atoms with Crippen LogP contribution in [0.15, 0.2) is 22.7 Å². The van der Waals surface area contributed by atoms with Gasteiger partial charge < -0.3 is 9.88 Å². The maximum atomic E-state index is 4.76. The summed E-state index contributed by atoms with van der Waals surface area (Å²) < 4.78 is 3.51. The average Bonchev–Trinajstić information content (AvgIpc) is 2.94. The monoisotopic (exact) mass is 293 g/mol. The molecule has 1 unspecified atom stereocenters. The van der Waals surface area contributed by atoms with Crippen LogP contribution in [0.4, 0.5) is 0 Å². The fourth-order valence-corrected chi connectivity index (χ4v) is 3.09. The van der Waals surface area contributed by atoms with E-state index in [2.05, 4.69) is 50.9 Å². The minimum Gasteiger partial charge on any atom is -0.323 e. The Hall–Kier alpha value is -0.870. The van der Waals surface area contributed by atoms with Gasteiger partial charge in [0.2, 0.25) is 0 Å². The minimum atomic E-state index is 0.559. The fourth-order valence-electron chi connectivity index (χ4n) is 2.65. The lowest BCUT2D eigenvalue weighted by atomic mass is 10.2. The van der Waals surface area contributed by atoms with Crippen LogP contribution in [0, 0.1) is 0 Å². The van der Waals surface area contributed by atoms with E-state index in [1.54, 1.807) is 0 Å². The molecule has 0 saturated carbocycles. The predicted molar refractivity (Wildman–Crippen MR) is 73.3 cm³/mol. The highest BCUT2D eigenvalue weighted by atomic mass is 79.9. The number of halogens is 1. The third-order valence-corrected chi connectivity index (χ3v) is 4.10. The van der Waals surface area contributed by atoms with Crippen molar-refractivity contribution in [3.05, 3.63) is 28.5 Å². The SMILES string of the molecule is CCc1nc2c(Br)cccc2n1C1CCNC1. The lowest BCUT2D eigenvalue weighted by Gasteiger charge is -2.15. The molecule has 2 heterocycles. The molecule has 1 aliphatic heterocycles. The van der Waals surface area contributed by atoms with Crippen LogP contribution >= 0.6 is 15.9 Å². The third-order valence-electron chi connectivity index (χ3n) is 3.46. The Morgan fingerprint density at radius 2 is 2.41 bits per heavy atom. The van der Waals surface area contributed by atoms with Gasteiger partial charge in [0.25, 0.3) is 0 Å². The number of benzene rings is 1. The van der Waals surface area contributed by atoms with Gasteiger partial charge in [-0.25, -0.2) is 4.98 Å². The van der Waals surface area contributed by atoms with Crippen LogP contribution in [-0.2, 0) is 6.42 Å². The lowest BCUT2D eigenvalue weighted by Crippen LogP contribution is -2.15. The predicted octanol–water partition coefficient (Wildman–Crippen LogP) is 2.90. The summed E-state index contributed by atoms with van der Waals surface area (Å²) in [5, 5.41) is 3.43. The summed E-state index contributed by atoms with van der Waals surface area (Å²) in [6, 6.07) is 6.88. The summed E-state index contributed by atoms with van der Waals surface area (Å²) in [6.45, 7) is 4.35. The first-order valence-electron chi connectivity index (χ1n) is 6.17. The van der Waals surface area contributed by atoms with E-state index >= 15 is 0 Å². The molecule has 3 nitrogen and oxygen atoms in total. The molecule has 0 spiro atoms. The molecule has 3 rings (SSSR count). The van der Waals surface area contributed by atoms with Gasteiger partial charge in [0.15, 0.2) is 0 Å². The van der Waals surface area contributed by atoms with E-state index in [0.29, 0.717) is 6.04 Å². The summed E-state index contributed by atoms with van der Waals surface area (Å²) in [4.78, 5) is 4.76. The van der Waals surface area contributed by atoms with E-state index < -0.39 is 0 Å². The van der Waals surface area contributed by atoms with Gasteiger partial charge >= 0.3 is 0 Å². The highest BCUT2D eigenvalue weighted by Gasteiger charge is 2.22. The Labute approximate surface area is 109 Å². The molecule has 4 heteroatoms. The van der Waals surface area contributed by atoms with Crippen LogP contribution in [0.2, 0.25) is 0 Å². The van der Waals surface area contributed by atoms with E-state index in [-0.39, 0.29) is 0 Å². The van der Waals surface area contributed by atoms with E-state index in [0.717, 1.165) is 29.5 Å². The Morgan fingerprint density at radius 3 is 3.12 bits per heavy atom. The number of fused-ring (bicyclic) bond motifs is 1. The summed E-state index contributed by atoms with van der Waals surface area (Å²) in [6.07, 6.45) is 2.18. The molecule has 1 aliphatic rings. The first kappa shape index (κ1) is 11.2. The van der Waals surface area contributed by atoms with E-state index in [9.17, 15) is 0 Å². The smallest absolute Gasteiger partial charge is 0.109 e. The van der Waals surface area contributed by atoms with Gasteiger partial charge in [-0.05, 0) is 41.0 Å². The largest absolute Gasteiger partial charge is 0.323 e. The van der Waals surface area contributed by atoms with Gasteiger partial charge in [-0.1, -0.05) is 13.0 Å². The molecule has 1 atom stereocenters. The van der Waals surface area contributed by atoms with Crippen molar-refractivity contribution in [2.24, 2.45) is 0 Å². The summed E-state index contributed by atoms with van der Waals surface area (Å²) >= 11 is 3.59. The maximum Gasteiger partial charge on any atom is 0.109 e. The van der Waals surface area contributed by atoms with Crippen molar-refractivity contribution < 1.29 is 0 Å². The summed E-state index contributed by atoms with van der Waals surface area (Å²) in [7, 11) is 0. The quantitative estimate of drug-likeness (QED) is 0.923. The van der Waals surface area contributed by atoms with Gasteiger partial charge in [0, 0.05) is 23.5 Å². The van der Waals surface area contributed by atoms with Gasteiger partial charge in [-0.3, -0.25) is 0 Å². The Balaban J connectivity index is 2.22. The zero-order valence-electron chi connectivity index (χ0n) is 9.91. The average molecular weight is 294 g/mol. The number of para-hydroxylation sites is 1. The number of nitrogens with zero attached hydrogens (tertiary/aromatic N) is 2. The normalized spacial score (nSPS) is 20.2. The van der Waals surface area contributed by atoms with Crippen molar-refractivity contribution in [3.63, 3.8) is 0 Å². The second-order valence-electron chi connectivity index (χ2n) is 4.51. The van der Waals surface area contributed by atoms with Gasteiger partial charge in [0.05, 0.1) is 5.52 Å². The number of imidazole rings is 1. The molecule has 0 aliphatic carbocycles. The highest BCUT2D eigenvalue weighted by Crippen LogP contribution is 2.29. The molecule has 1 fully saturated rings. The second kappa shape index (κ2) is 4.42. The molecule has 1 N–H and O–H groups in total. The van der Waals surface area contributed by atoms with Gasteiger partial charge in [-0.2, -0.15) is 0 Å². The van der Waals surface area contributed by atoms with Crippen molar-refractivity contribution in [3.8, 4) is 0 Å². The number of nitrogens with one attached hydrogen (secondary N) is 1. The van der Waals surface area contributed by atoms with Crippen LogP contribution in [0.5, 0.6) is 0 Å². The molecule has 0 amide bonds. The fraction of sp³-hybridized carbons (Fsp3) is 0.462. The highest BCUT2D eigenvalue weighted by molar-refractivity contribution is 9.10. The number of aromatic nitrogens is 2. The van der Waals surface area contributed by atoms with Crippen molar-refractivity contribution in [2.75, 3.05) is 13.1 Å². The first-order chi connectivity index (χ1) is 8.31. The molecule has 1 saturated heterocycles. The van der Waals surface area contributed by atoms with Crippen LogP contribution in [0.25, 0.3) is 11.0 Å². The van der Waals surface area contributed by atoms with Crippen LogP contribution in [-0.4, -0.2) is 22.6 Å². The maximum absolute atomic E-state index is 4.76. The van der Waals surface area contributed by atoms with Crippen LogP contribution in [0.1, 0.15) is 25.2 Å². The lowest BCUT2D eigenvalue weighted by molar-refractivity contribution is 0.539. The Kier molecular flexibility index (Phi) is 2.92. The summed E-state index contributed by atoms with van der Waals surface area (Å²) in [5.41, 5.74) is 2.35. The van der Waals surface area contributed by atoms with E-state index in [1.807, 2.05) is 0 Å². The van der Waals surface area contributed by atoms with Crippen molar-refractivity contribution in [1.29, 1.82) is 0 Å². The topological polar surface area (TPSA) is 29.9 Å². The number of aryl methyl sites for hydroxylation is 1. The second-order valence-corrected chi connectivity index (χ2v) is 5.36. The minimum absolute atomic E-state index is 0.559. The molecule has 2 aromatic rings. The zero-order chi connectivity index (χ0) is 11.8. The Morgan fingerprint density at radius 1 is 1.53 bits per heavy atom. The molecule has 17 heavy (non-hydrogen) atoms. The molecule has 1 aromatic carbocycles. The zero-order valence-corrected chi connectivity index (χ0v) is 11.5. The van der Waals surface area contributed by atoms with Crippen molar-refractivity contribution in [1.82, 2.24) is 14.9 Å². The van der Waals surface area contributed by atoms with Gasteiger partial charge in [-0.15, -0.1) is 0 Å². The molecule has 1 aromatic heterocycles. The first-order valence-corrected chi connectivity index (χ1v) is 6.96. The molecule has 90 valence electrons. The molecule has 0 bridgehead atoms. The molecule has 0 radical (unpaired) electrons. The molecular formula is C13H16BrN3. The number of rotatable bonds is 2. The standard InChI is InChI=1S/C13H16BrN3/c1-2-12-16-13-10(14)4-3-5-11(13)17(12)9-6-7-15-8-9/h3-5,9,15H,2,6-8H2,1H3. The number of hydrogen-bond acceptors (Lipinski definition) is 2. The summed E-state index contributed by atoms with van der Waals surface area (Å²) in [5.74, 6) is 1.20. The van der Waals surface area contributed by atoms with E-state index in [4.69, 9.17) is 4.98 Å². The Bertz CT molecular complexity index is 541. The van der Waals surface area contributed by atoms with E-state index in [1.165, 1.54) is 17.8 Å². The number of hydrogen-bond donors (Lipinski definition) is 1. The van der Waals surface area contributed by atoms with Crippen molar-refractivity contribution in [2.45, 2.75) is 25.8 Å². The van der Waals surface area contributed by atoms with Crippen LogP contribution < -0.4 is 5.32 Å². The van der Waals surface area contributed by atoms with Gasteiger partial charge in [0.1, 0.15) is 11.3 Å². The molecular weight excluding hydrogens is 278 g/mol. The third kappa shape index (κ3) is 1.79.